The summed E-state index contributed by atoms with van der Waals surface area (Å²) in [6, 6.07) is 0. The van der Waals surface area contributed by atoms with Crippen LogP contribution in [0.15, 0.2) is 11.3 Å². The molecule has 5 nitrogen and oxygen atoms in total. The molecule has 0 bridgehead atoms. The fraction of sp³-hybridized carbons (Fsp3) is 0.545. The Hall–Kier alpha value is -1.08. The fourth-order valence-corrected chi connectivity index (χ4v) is 2.45. The number of nitrogens with one attached hydrogen (secondary N) is 2. The Labute approximate surface area is 115 Å². The third kappa shape index (κ3) is 4.30. The van der Waals surface area contributed by atoms with Crippen molar-refractivity contribution in [3.8, 4) is 0 Å². The molecule has 0 aromatic carbocycles. The fourth-order valence-electron chi connectivity index (χ4n) is 1.75. The molecule has 100 valence electrons. The second kappa shape index (κ2) is 7.38. The van der Waals surface area contributed by atoms with Crippen LogP contribution in [0.3, 0.4) is 0 Å². The molecule has 0 spiro atoms. The normalized spacial score (nSPS) is 14.5. The van der Waals surface area contributed by atoms with Gasteiger partial charge in [0.05, 0.1) is 4.20 Å². The zero-order chi connectivity index (χ0) is 13.5. The van der Waals surface area contributed by atoms with Crippen molar-refractivity contribution in [1.82, 2.24) is 10.6 Å². The molecule has 1 aliphatic rings. The minimum Gasteiger partial charge on any atom is -0.474 e. The summed E-state index contributed by atoms with van der Waals surface area (Å²) < 4.78 is 0.907. The summed E-state index contributed by atoms with van der Waals surface area (Å²) in [7, 11) is 0. The predicted octanol–water partition coefficient (Wildman–Crippen LogP) is 0.905. The van der Waals surface area contributed by atoms with Crippen molar-refractivity contribution in [1.29, 1.82) is 0 Å². The summed E-state index contributed by atoms with van der Waals surface area (Å²) in [6.45, 7) is 0.794. The van der Waals surface area contributed by atoms with Gasteiger partial charge < -0.3 is 15.7 Å². The smallest absolute Gasteiger partial charge is 0.394 e. The number of rotatable bonds is 5. The Morgan fingerprint density at radius 1 is 1.39 bits per heavy atom. The average molecular weight is 288 g/mol. The lowest BCUT2D eigenvalue weighted by molar-refractivity contribution is -0.150. The van der Waals surface area contributed by atoms with Gasteiger partial charge in [0.25, 0.3) is 0 Å². The number of hydrogen-bond acceptors (Lipinski definition) is 5. The van der Waals surface area contributed by atoms with Crippen LogP contribution in [-0.4, -0.2) is 40.5 Å². The van der Waals surface area contributed by atoms with Crippen molar-refractivity contribution in [2.45, 2.75) is 19.3 Å². The number of thiocarbonyl (C=S) groups is 1. The average Bonchev–Trinajstić information content (AvgIpc) is 2.81. The van der Waals surface area contributed by atoms with E-state index >= 15 is 0 Å². The van der Waals surface area contributed by atoms with Crippen LogP contribution in [0.1, 0.15) is 19.3 Å². The van der Waals surface area contributed by atoms with Crippen molar-refractivity contribution in [3.05, 3.63) is 11.3 Å². The molecule has 0 saturated carbocycles. The van der Waals surface area contributed by atoms with Gasteiger partial charge in [-0.05, 0) is 31.1 Å². The number of carboxylic acid groups (broad SMARTS) is 1. The standard InChI is InChI=1S/C11H16N2O3S2/c1-18-11(17)7-3-2-4-8(7)12-5-6-13-9(14)10(15)16/h12H,2-6H2,1H3,(H,13,14)(H,15,16). The molecule has 7 heteroatoms. The summed E-state index contributed by atoms with van der Waals surface area (Å²) in [5.74, 6) is -2.43. The molecule has 0 aliphatic heterocycles. The molecular weight excluding hydrogens is 272 g/mol. The highest BCUT2D eigenvalue weighted by atomic mass is 32.2. The molecule has 0 radical (unpaired) electrons. The van der Waals surface area contributed by atoms with Gasteiger partial charge in [-0.25, -0.2) is 4.79 Å². The quantitative estimate of drug-likeness (QED) is 0.396. The summed E-state index contributed by atoms with van der Waals surface area (Å²) >= 11 is 6.82. The molecule has 1 aliphatic carbocycles. The molecule has 0 aromatic rings. The lowest BCUT2D eigenvalue weighted by Crippen LogP contribution is -2.35. The van der Waals surface area contributed by atoms with E-state index in [0.717, 1.165) is 29.2 Å². The van der Waals surface area contributed by atoms with Crippen LogP contribution < -0.4 is 10.6 Å². The zero-order valence-electron chi connectivity index (χ0n) is 10.1. The first kappa shape index (κ1) is 15.0. The number of carboxylic acids is 1. The van der Waals surface area contributed by atoms with Crippen molar-refractivity contribution in [2.24, 2.45) is 0 Å². The monoisotopic (exact) mass is 288 g/mol. The van der Waals surface area contributed by atoms with Gasteiger partial charge in [-0.2, -0.15) is 0 Å². The minimum atomic E-state index is -1.46. The first-order valence-electron chi connectivity index (χ1n) is 5.61. The topological polar surface area (TPSA) is 78.4 Å². The second-order valence-corrected chi connectivity index (χ2v) is 5.27. The van der Waals surface area contributed by atoms with E-state index in [-0.39, 0.29) is 6.54 Å². The van der Waals surface area contributed by atoms with Gasteiger partial charge in [0.2, 0.25) is 0 Å². The lowest BCUT2D eigenvalue weighted by atomic mass is 10.2. The van der Waals surface area contributed by atoms with Crippen LogP contribution in [0.2, 0.25) is 0 Å². The van der Waals surface area contributed by atoms with Crippen LogP contribution in [-0.2, 0) is 9.59 Å². The van der Waals surface area contributed by atoms with E-state index in [1.807, 2.05) is 6.26 Å². The number of carbonyl (C=O) groups is 2. The molecule has 1 amide bonds. The number of thioether (sulfide) groups is 1. The largest absolute Gasteiger partial charge is 0.474 e. The van der Waals surface area contributed by atoms with Gasteiger partial charge in [-0.15, -0.1) is 11.8 Å². The predicted molar refractivity (Wildman–Crippen MR) is 75.6 cm³/mol. The van der Waals surface area contributed by atoms with Gasteiger partial charge in [0.15, 0.2) is 0 Å². The molecule has 0 heterocycles. The van der Waals surface area contributed by atoms with Crippen LogP contribution >= 0.6 is 24.0 Å². The summed E-state index contributed by atoms with van der Waals surface area (Å²) in [4.78, 5) is 21.1. The molecule has 0 unspecified atom stereocenters. The Morgan fingerprint density at radius 2 is 2.11 bits per heavy atom. The van der Waals surface area contributed by atoms with E-state index < -0.39 is 11.9 Å². The third-order valence-electron chi connectivity index (χ3n) is 2.59. The van der Waals surface area contributed by atoms with Gasteiger partial charge in [-0.3, -0.25) is 4.79 Å². The highest BCUT2D eigenvalue weighted by Gasteiger charge is 2.17. The maximum Gasteiger partial charge on any atom is 0.394 e. The zero-order valence-corrected chi connectivity index (χ0v) is 11.7. The Morgan fingerprint density at radius 3 is 2.72 bits per heavy atom. The van der Waals surface area contributed by atoms with Crippen LogP contribution in [0.4, 0.5) is 0 Å². The second-order valence-electron chi connectivity index (χ2n) is 3.79. The van der Waals surface area contributed by atoms with Crippen LogP contribution in [0.25, 0.3) is 0 Å². The van der Waals surface area contributed by atoms with E-state index in [1.165, 1.54) is 5.57 Å². The maximum absolute atomic E-state index is 10.8. The summed E-state index contributed by atoms with van der Waals surface area (Å²) in [6.07, 6.45) is 4.99. The van der Waals surface area contributed by atoms with Crippen molar-refractivity contribution >= 4 is 40.1 Å². The number of hydrogen-bond donors (Lipinski definition) is 3. The molecule has 18 heavy (non-hydrogen) atoms. The minimum absolute atomic E-state index is 0.286. The first-order valence-corrected chi connectivity index (χ1v) is 7.25. The highest BCUT2D eigenvalue weighted by molar-refractivity contribution is 8.23. The lowest BCUT2D eigenvalue weighted by Gasteiger charge is -2.10. The van der Waals surface area contributed by atoms with Crippen LogP contribution in [0, 0.1) is 0 Å². The van der Waals surface area contributed by atoms with Gasteiger partial charge in [0, 0.05) is 18.8 Å². The number of aliphatic carboxylic acids is 1. The third-order valence-corrected chi connectivity index (χ3v) is 3.96. The molecule has 1 rings (SSSR count). The van der Waals surface area contributed by atoms with E-state index in [2.05, 4.69) is 10.6 Å². The molecule has 0 aromatic heterocycles. The Balaban J connectivity index is 2.36. The maximum atomic E-state index is 10.8. The van der Waals surface area contributed by atoms with Gasteiger partial charge in [-0.1, -0.05) is 12.2 Å². The van der Waals surface area contributed by atoms with Crippen molar-refractivity contribution < 1.29 is 14.7 Å². The summed E-state index contributed by atoms with van der Waals surface area (Å²) in [5, 5.41) is 13.9. The van der Waals surface area contributed by atoms with E-state index in [0.29, 0.717) is 6.54 Å². The number of allylic oxidation sites excluding steroid dienone is 1. The SMILES string of the molecule is CSC(=S)C1=C(NCCNC(=O)C(=O)O)CCC1. The van der Waals surface area contributed by atoms with Gasteiger partial charge in [0.1, 0.15) is 0 Å². The molecule has 0 fully saturated rings. The van der Waals surface area contributed by atoms with E-state index in [4.69, 9.17) is 17.3 Å². The summed E-state index contributed by atoms with van der Waals surface area (Å²) in [5.41, 5.74) is 2.31. The molecule has 0 saturated heterocycles. The highest BCUT2D eigenvalue weighted by Crippen LogP contribution is 2.28. The first-order chi connectivity index (χ1) is 8.56. The van der Waals surface area contributed by atoms with E-state index in [9.17, 15) is 9.59 Å². The van der Waals surface area contributed by atoms with Crippen LogP contribution in [0.5, 0.6) is 0 Å². The Bertz CT molecular complexity index is 394. The molecule has 3 N–H and O–H groups in total. The van der Waals surface area contributed by atoms with Crippen molar-refractivity contribution in [3.63, 3.8) is 0 Å². The number of amides is 1. The van der Waals surface area contributed by atoms with E-state index in [1.54, 1.807) is 11.8 Å². The number of carbonyl (C=O) groups excluding carboxylic acids is 1. The molecule has 0 atom stereocenters. The molecular formula is C11H16N2O3S2. The van der Waals surface area contributed by atoms with Crippen molar-refractivity contribution in [2.75, 3.05) is 19.3 Å². The Kier molecular flexibility index (Phi) is 6.14. The van der Waals surface area contributed by atoms with Gasteiger partial charge >= 0.3 is 11.9 Å².